The largest absolute Gasteiger partial charge is 0.352 e. The number of rotatable bonds is 9. The lowest BCUT2D eigenvalue weighted by atomic mass is 9.94. The second-order valence-corrected chi connectivity index (χ2v) is 10.5. The van der Waals surface area contributed by atoms with E-state index in [4.69, 9.17) is 0 Å². The maximum Gasteiger partial charge on any atom is 0.332 e. The standard InChI is InChI=1S/C27H34N4O4S/c1-19-10-12-20(13-11-19)17-28-23(32)9-6-15-30-26(34)25-22(14-16-36-25)31(27(30)35)18-24(33)29(2)21-7-4-3-5-8-21/h10-14,16,21H,3-9,15,17-18H2,1-2H3,(H,28,32). The van der Waals surface area contributed by atoms with Crippen LogP contribution in [0.4, 0.5) is 0 Å². The molecule has 192 valence electrons. The van der Waals surface area contributed by atoms with Crippen LogP contribution < -0.4 is 16.6 Å². The molecule has 0 aliphatic heterocycles. The predicted octanol–water partition coefficient (Wildman–Crippen LogP) is 3.42. The number of benzene rings is 1. The molecule has 1 N–H and O–H groups in total. The molecule has 0 spiro atoms. The third-order valence-corrected chi connectivity index (χ3v) is 7.93. The van der Waals surface area contributed by atoms with Gasteiger partial charge < -0.3 is 10.2 Å². The van der Waals surface area contributed by atoms with E-state index in [-0.39, 0.29) is 42.9 Å². The van der Waals surface area contributed by atoms with Gasteiger partial charge in [0, 0.05) is 32.6 Å². The lowest BCUT2D eigenvalue weighted by Crippen LogP contribution is -2.45. The number of likely N-dealkylation sites (N-methyl/N-ethyl adjacent to an activating group) is 1. The van der Waals surface area contributed by atoms with E-state index in [0.29, 0.717) is 23.2 Å². The first kappa shape index (κ1) is 25.9. The van der Waals surface area contributed by atoms with Gasteiger partial charge in [0.15, 0.2) is 0 Å². The Bertz CT molecular complexity index is 1330. The molecule has 2 amide bonds. The van der Waals surface area contributed by atoms with Crippen molar-refractivity contribution in [2.24, 2.45) is 0 Å². The summed E-state index contributed by atoms with van der Waals surface area (Å²) < 4.78 is 3.03. The Morgan fingerprint density at radius 1 is 1.06 bits per heavy atom. The topological polar surface area (TPSA) is 93.4 Å². The van der Waals surface area contributed by atoms with Crippen LogP contribution in [0.2, 0.25) is 0 Å². The summed E-state index contributed by atoms with van der Waals surface area (Å²) in [4.78, 5) is 53.5. The maximum absolute atomic E-state index is 13.3. The van der Waals surface area contributed by atoms with Crippen molar-refractivity contribution in [1.82, 2.24) is 19.4 Å². The zero-order valence-electron chi connectivity index (χ0n) is 21.0. The summed E-state index contributed by atoms with van der Waals surface area (Å²) in [7, 11) is 1.80. The SMILES string of the molecule is Cc1ccc(CNC(=O)CCCn2c(=O)c3sccc3n(CC(=O)N(C)C3CCCCC3)c2=O)cc1. The van der Waals surface area contributed by atoms with Crippen LogP contribution in [0.3, 0.4) is 0 Å². The van der Waals surface area contributed by atoms with Crippen molar-refractivity contribution in [2.75, 3.05) is 7.05 Å². The number of aromatic nitrogens is 2. The third kappa shape index (κ3) is 5.95. The number of nitrogens with zero attached hydrogens (tertiary/aromatic N) is 3. The molecule has 1 fully saturated rings. The monoisotopic (exact) mass is 510 g/mol. The molecule has 0 bridgehead atoms. The van der Waals surface area contributed by atoms with E-state index < -0.39 is 5.69 Å². The Labute approximate surface area is 214 Å². The van der Waals surface area contributed by atoms with Gasteiger partial charge in [-0.05, 0) is 43.2 Å². The van der Waals surface area contributed by atoms with Gasteiger partial charge in [-0.1, -0.05) is 49.1 Å². The number of amides is 2. The van der Waals surface area contributed by atoms with E-state index in [2.05, 4.69) is 5.32 Å². The first-order chi connectivity index (χ1) is 17.3. The van der Waals surface area contributed by atoms with Crippen molar-refractivity contribution < 1.29 is 9.59 Å². The molecule has 0 atom stereocenters. The summed E-state index contributed by atoms with van der Waals surface area (Å²) in [5.41, 5.74) is 1.79. The highest BCUT2D eigenvalue weighted by Crippen LogP contribution is 2.22. The number of carbonyl (C=O) groups excluding carboxylic acids is 2. The molecule has 2 aromatic heterocycles. The molecule has 36 heavy (non-hydrogen) atoms. The lowest BCUT2D eigenvalue weighted by molar-refractivity contribution is -0.133. The van der Waals surface area contributed by atoms with E-state index >= 15 is 0 Å². The fourth-order valence-corrected chi connectivity index (χ4v) is 5.64. The fraction of sp³-hybridized carbons (Fsp3) is 0.481. The minimum Gasteiger partial charge on any atom is -0.352 e. The molecule has 2 heterocycles. The first-order valence-electron chi connectivity index (χ1n) is 12.6. The van der Waals surface area contributed by atoms with Crippen molar-refractivity contribution in [3.8, 4) is 0 Å². The van der Waals surface area contributed by atoms with Gasteiger partial charge in [0.05, 0.1) is 5.52 Å². The molecular weight excluding hydrogens is 476 g/mol. The second-order valence-electron chi connectivity index (χ2n) is 9.62. The van der Waals surface area contributed by atoms with Crippen molar-refractivity contribution in [2.45, 2.75) is 77.5 Å². The predicted molar refractivity (Wildman–Crippen MR) is 142 cm³/mol. The van der Waals surface area contributed by atoms with Crippen molar-refractivity contribution >= 4 is 33.4 Å². The van der Waals surface area contributed by atoms with Crippen molar-refractivity contribution in [3.05, 3.63) is 67.7 Å². The smallest absolute Gasteiger partial charge is 0.332 e. The molecule has 0 saturated heterocycles. The Balaban J connectivity index is 1.43. The van der Waals surface area contributed by atoms with E-state index in [0.717, 1.165) is 36.8 Å². The van der Waals surface area contributed by atoms with E-state index in [1.165, 1.54) is 26.9 Å². The molecule has 0 unspecified atom stereocenters. The highest BCUT2D eigenvalue weighted by Gasteiger charge is 2.24. The van der Waals surface area contributed by atoms with Gasteiger partial charge in [0.25, 0.3) is 5.56 Å². The van der Waals surface area contributed by atoms with E-state index in [1.54, 1.807) is 23.4 Å². The molecule has 1 aliphatic carbocycles. The number of hydrogen-bond acceptors (Lipinski definition) is 5. The summed E-state index contributed by atoms with van der Waals surface area (Å²) in [5, 5.41) is 4.65. The third-order valence-electron chi connectivity index (χ3n) is 7.04. The fourth-order valence-electron chi connectivity index (χ4n) is 4.79. The van der Waals surface area contributed by atoms with E-state index in [1.807, 2.05) is 31.2 Å². The first-order valence-corrected chi connectivity index (χ1v) is 13.5. The summed E-state index contributed by atoms with van der Waals surface area (Å²) >= 11 is 1.26. The summed E-state index contributed by atoms with van der Waals surface area (Å²) in [6.07, 6.45) is 5.93. The zero-order chi connectivity index (χ0) is 25.7. The Hall–Kier alpha value is -3.20. The average molecular weight is 511 g/mol. The number of aryl methyl sites for hydroxylation is 1. The van der Waals surface area contributed by atoms with Gasteiger partial charge in [-0.15, -0.1) is 11.3 Å². The van der Waals surface area contributed by atoms with Gasteiger partial charge in [0.2, 0.25) is 11.8 Å². The molecule has 1 aromatic carbocycles. The summed E-state index contributed by atoms with van der Waals surface area (Å²) in [6.45, 7) is 2.47. The van der Waals surface area contributed by atoms with Crippen molar-refractivity contribution in [3.63, 3.8) is 0 Å². The Kier molecular flexibility index (Phi) is 8.40. The highest BCUT2D eigenvalue weighted by atomic mass is 32.1. The number of carbonyl (C=O) groups is 2. The quantitative estimate of drug-likeness (QED) is 0.477. The lowest BCUT2D eigenvalue weighted by Gasteiger charge is -2.31. The van der Waals surface area contributed by atoms with Crippen LogP contribution in [0.1, 0.15) is 56.1 Å². The van der Waals surface area contributed by atoms with Gasteiger partial charge in [-0.3, -0.25) is 23.5 Å². The Morgan fingerprint density at radius 3 is 2.50 bits per heavy atom. The minimum absolute atomic E-state index is 0.101. The molecule has 8 nitrogen and oxygen atoms in total. The Morgan fingerprint density at radius 2 is 1.78 bits per heavy atom. The minimum atomic E-state index is -0.503. The number of thiophene rings is 1. The van der Waals surface area contributed by atoms with Crippen LogP contribution in [-0.4, -0.2) is 38.9 Å². The van der Waals surface area contributed by atoms with Crippen LogP contribution in [0.25, 0.3) is 10.2 Å². The summed E-state index contributed by atoms with van der Waals surface area (Å²) in [6, 6.07) is 9.86. The molecule has 1 aliphatic rings. The number of fused-ring (bicyclic) bond motifs is 1. The van der Waals surface area contributed by atoms with Gasteiger partial charge in [-0.2, -0.15) is 0 Å². The molecule has 3 aromatic rings. The van der Waals surface area contributed by atoms with Crippen molar-refractivity contribution in [1.29, 1.82) is 0 Å². The molecule has 1 saturated carbocycles. The van der Waals surface area contributed by atoms with Crippen LogP contribution in [0.15, 0.2) is 45.3 Å². The molecule has 9 heteroatoms. The number of hydrogen-bond donors (Lipinski definition) is 1. The second kappa shape index (κ2) is 11.7. The van der Waals surface area contributed by atoms with Crippen LogP contribution >= 0.6 is 11.3 Å². The maximum atomic E-state index is 13.3. The molecule has 0 radical (unpaired) electrons. The summed E-state index contributed by atoms with van der Waals surface area (Å²) in [5.74, 6) is -0.261. The van der Waals surface area contributed by atoms with Gasteiger partial charge >= 0.3 is 5.69 Å². The highest BCUT2D eigenvalue weighted by molar-refractivity contribution is 7.17. The molecular formula is C27H34N4O4S. The molecule has 4 rings (SSSR count). The van der Waals surface area contributed by atoms with Crippen LogP contribution in [-0.2, 0) is 29.2 Å². The van der Waals surface area contributed by atoms with Crippen LogP contribution in [0.5, 0.6) is 0 Å². The zero-order valence-corrected chi connectivity index (χ0v) is 21.8. The van der Waals surface area contributed by atoms with Gasteiger partial charge in [0.1, 0.15) is 11.2 Å². The van der Waals surface area contributed by atoms with Gasteiger partial charge in [-0.25, -0.2) is 4.79 Å². The number of nitrogens with one attached hydrogen (secondary N) is 1. The average Bonchev–Trinajstić information content (AvgIpc) is 3.38. The normalized spacial score (nSPS) is 14.2. The van der Waals surface area contributed by atoms with E-state index in [9.17, 15) is 19.2 Å². The van der Waals surface area contributed by atoms with Crippen LogP contribution in [0, 0.1) is 6.92 Å².